The second-order valence-corrected chi connectivity index (χ2v) is 7.00. The van der Waals surface area contributed by atoms with Gasteiger partial charge in [0.15, 0.2) is 0 Å². The molecule has 2 fully saturated rings. The lowest BCUT2D eigenvalue weighted by Crippen LogP contribution is -2.48. The van der Waals surface area contributed by atoms with E-state index < -0.39 is 5.97 Å². The highest BCUT2D eigenvalue weighted by atomic mass is 79.9. The van der Waals surface area contributed by atoms with Crippen LogP contribution in [0.15, 0.2) is 15.9 Å². The summed E-state index contributed by atoms with van der Waals surface area (Å²) in [5.74, 6) is -0.555. The Hall–Kier alpha value is -0.390. The molecular weight excluding hydrogens is 292 g/mol. The minimum Gasteiger partial charge on any atom is -0.481 e. The number of carboxylic acid groups (broad SMARTS) is 1. The topological polar surface area (TPSA) is 46.5 Å². The summed E-state index contributed by atoms with van der Waals surface area (Å²) in [5.41, 5.74) is -0.0141. The highest BCUT2D eigenvalue weighted by Gasteiger charge is 2.60. The normalized spacial score (nSPS) is 30.8. The Morgan fingerprint density at radius 3 is 2.69 bits per heavy atom. The van der Waals surface area contributed by atoms with Gasteiger partial charge < -0.3 is 9.84 Å². The molecule has 1 aromatic heterocycles. The smallest absolute Gasteiger partial charge is 0.306 e. The van der Waals surface area contributed by atoms with Gasteiger partial charge in [-0.25, -0.2) is 0 Å². The molecule has 86 valence electrons. The molecule has 2 aliphatic rings. The lowest BCUT2D eigenvalue weighted by Gasteiger charge is -2.41. The van der Waals surface area contributed by atoms with Crippen molar-refractivity contribution in [3.63, 3.8) is 0 Å². The summed E-state index contributed by atoms with van der Waals surface area (Å²) < 4.78 is 6.43. The number of thiophene rings is 1. The molecule has 0 amide bonds. The van der Waals surface area contributed by atoms with Crippen LogP contribution in [-0.2, 0) is 14.9 Å². The van der Waals surface area contributed by atoms with Crippen LogP contribution in [0.2, 0.25) is 0 Å². The predicted octanol–water partition coefficient (Wildman–Crippen LogP) is 2.50. The molecule has 0 aromatic carbocycles. The van der Waals surface area contributed by atoms with Crippen molar-refractivity contribution in [2.75, 3.05) is 13.2 Å². The highest BCUT2D eigenvalue weighted by Crippen LogP contribution is 2.57. The van der Waals surface area contributed by atoms with E-state index in [1.807, 2.05) is 6.07 Å². The molecule has 0 radical (unpaired) electrons. The number of carboxylic acids is 1. The first-order valence-electron chi connectivity index (χ1n) is 5.20. The first-order chi connectivity index (χ1) is 7.63. The summed E-state index contributed by atoms with van der Waals surface area (Å²) in [4.78, 5) is 12.2. The van der Waals surface area contributed by atoms with Gasteiger partial charge in [-0.05, 0) is 40.4 Å². The van der Waals surface area contributed by atoms with E-state index in [1.54, 1.807) is 11.3 Å². The number of halogens is 1. The quantitative estimate of drug-likeness (QED) is 0.933. The second-order valence-electron chi connectivity index (χ2n) is 4.54. The van der Waals surface area contributed by atoms with Crippen molar-refractivity contribution >= 4 is 33.2 Å². The van der Waals surface area contributed by atoms with Crippen LogP contribution in [0.25, 0.3) is 0 Å². The van der Waals surface area contributed by atoms with Gasteiger partial charge in [0.2, 0.25) is 0 Å². The van der Waals surface area contributed by atoms with Gasteiger partial charge in [0, 0.05) is 4.88 Å². The molecule has 1 aromatic rings. The molecular formula is C11H11BrO3S. The molecule has 5 heteroatoms. The van der Waals surface area contributed by atoms with E-state index in [1.165, 1.54) is 4.88 Å². The average molecular weight is 303 g/mol. The van der Waals surface area contributed by atoms with Crippen molar-refractivity contribution in [2.24, 2.45) is 11.8 Å². The summed E-state index contributed by atoms with van der Waals surface area (Å²) in [6, 6.07) is 4.12. The van der Waals surface area contributed by atoms with E-state index >= 15 is 0 Å². The number of hydrogen-bond acceptors (Lipinski definition) is 3. The van der Waals surface area contributed by atoms with Gasteiger partial charge in [0.25, 0.3) is 0 Å². The number of carbonyl (C=O) groups is 1. The van der Waals surface area contributed by atoms with Crippen LogP contribution in [0.3, 0.4) is 0 Å². The zero-order valence-corrected chi connectivity index (χ0v) is 10.9. The van der Waals surface area contributed by atoms with Crippen LogP contribution in [0, 0.1) is 11.8 Å². The maximum atomic E-state index is 10.9. The van der Waals surface area contributed by atoms with Gasteiger partial charge in [-0.3, -0.25) is 4.79 Å². The van der Waals surface area contributed by atoms with E-state index in [0.717, 1.165) is 10.2 Å². The van der Waals surface area contributed by atoms with Crippen molar-refractivity contribution in [3.8, 4) is 0 Å². The molecule has 1 saturated carbocycles. The van der Waals surface area contributed by atoms with Crippen molar-refractivity contribution in [3.05, 3.63) is 20.8 Å². The molecule has 2 atom stereocenters. The zero-order chi connectivity index (χ0) is 11.3. The van der Waals surface area contributed by atoms with E-state index in [0.29, 0.717) is 13.2 Å². The Morgan fingerprint density at radius 1 is 1.56 bits per heavy atom. The monoisotopic (exact) mass is 302 g/mol. The predicted molar refractivity (Wildman–Crippen MR) is 63.7 cm³/mol. The molecule has 2 heterocycles. The van der Waals surface area contributed by atoms with Crippen LogP contribution in [-0.4, -0.2) is 24.3 Å². The number of aliphatic carboxylic acids is 1. The standard InChI is InChI=1S/C11H11BrO3S/c12-9-2-1-8(16-9)11(4-15-5-11)7-3-6(7)10(13)14/h1-2,6-7H,3-5H2,(H,13,14). The summed E-state index contributed by atoms with van der Waals surface area (Å²) in [6.07, 6.45) is 0.800. The molecule has 1 aliphatic heterocycles. The molecule has 1 aliphatic carbocycles. The van der Waals surface area contributed by atoms with E-state index in [4.69, 9.17) is 9.84 Å². The van der Waals surface area contributed by atoms with E-state index in [-0.39, 0.29) is 17.3 Å². The molecule has 16 heavy (non-hydrogen) atoms. The molecule has 1 N–H and O–H groups in total. The largest absolute Gasteiger partial charge is 0.481 e. The molecule has 3 nitrogen and oxygen atoms in total. The number of ether oxygens (including phenoxy) is 1. The maximum absolute atomic E-state index is 10.9. The molecule has 0 spiro atoms. The van der Waals surface area contributed by atoms with Gasteiger partial charge in [0.05, 0.1) is 28.3 Å². The van der Waals surface area contributed by atoms with Crippen LogP contribution in [0.4, 0.5) is 0 Å². The SMILES string of the molecule is O=C(O)C1CC1C1(c2ccc(Br)s2)COC1. The molecule has 1 saturated heterocycles. The van der Waals surface area contributed by atoms with Crippen LogP contribution in [0.1, 0.15) is 11.3 Å². The Labute approximate surface area is 106 Å². The van der Waals surface area contributed by atoms with Crippen LogP contribution < -0.4 is 0 Å². The van der Waals surface area contributed by atoms with Gasteiger partial charge in [-0.2, -0.15) is 0 Å². The van der Waals surface area contributed by atoms with Gasteiger partial charge in [0.1, 0.15) is 0 Å². The zero-order valence-electron chi connectivity index (χ0n) is 8.48. The molecule has 2 unspecified atom stereocenters. The first kappa shape index (κ1) is 10.7. The Kier molecular flexibility index (Phi) is 2.38. The summed E-state index contributed by atoms with van der Waals surface area (Å²) in [6.45, 7) is 1.35. The van der Waals surface area contributed by atoms with E-state index in [9.17, 15) is 4.79 Å². The van der Waals surface area contributed by atoms with Crippen molar-refractivity contribution in [1.29, 1.82) is 0 Å². The fourth-order valence-corrected chi connectivity index (χ4v) is 4.13. The second kappa shape index (κ2) is 3.55. The number of rotatable bonds is 3. The minimum absolute atomic E-state index is 0.0141. The van der Waals surface area contributed by atoms with Crippen molar-refractivity contribution < 1.29 is 14.6 Å². The minimum atomic E-state index is -0.660. The van der Waals surface area contributed by atoms with E-state index in [2.05, 4.69) is 22.0 Å². The number of hydrogen-bond donors (Lipinski definition) is 1. The summed E-state index contributed by atoms with van der Waals surface area (Å²) in [5, 5.41) is 9.01. The van der Waals surface area contributed by atoms with Gasteiger partial charge in [-0.1, -0.05) is 0 Å². The third-order valence-electron chi connectivity index (χ3n) is 3.60. The first-order valence-corrected chi connectivity index (χ1v) is 6.81. The Balaban J connectivity index is 1.87. The maximum Gasteiger partial charge on any atom is 0.306 e. The van der Waals surface area contributed by atoms with Crippen molar-refractivity contribution in [2.45, 2.75) is 11.8 Å². The van der Waals surface area contributed by atoms with Crippen LogP contribution in [0.5, 0.6) is 0 Å². The molecule has 0 bridgehead atoms. The lowest BCUT2D eigenvalue weighted by atomic mass is 9.78. The Bertz CT molecular complexity index is 438. The van der Waals surface area contributed by atoms with Gasteiger partial charge >= 0.3 is 5.97 Å². The fourth-order valence-electron chi connectivity index (χ4n) is 2.52. The average Bonchev–Trinajstić information content (AvgIpc) is 2.83. The lowest BCUT2D eigenvalue weighted by molar-refractivity contribution is -0.140. The third-order valence-corrected chi connectivity index (χ3v) is 5.44. The third kappa shape index (κ3) is 1.45. The molecule has 3 rings (SSSR count). The van der Waals surface area contributed by atoms with Crippen molar-refractivity contribution in [1.82, 2.24) is 0 Å². The fraction of sp³-hybridized carbons (Fsp3) is 0.545. The van der Waals surface area contributed by atoms with Gasteiger partial charge in [-0.15, -0.1) is 11.3 Å². The van der Waals surface area contributed by atoms with Crippen LogP contribution >= 0.6 is 27.3 Å². The summed E-state index contributed by atoms with van der Waals surface area (Å²) in [7, 11) is 0. The Morgan fingerprint density at radius 2 is 2.31 bits per heavy atom. The summed E-state index contributed by atoms with van der Waals surface area (Å²) >= 11 is 5.15. The highest BCUT2D eigenvalue weighted by molar-refractivity contribution is 9.11.